The standard InChI is InChI=1S/C17H19F2N/c1-11-5-4-6-12(2)16(11)10-17(20-3)13-7-14(18)9-15(19)8-13/h4-9,17,20H,10H2,1-3H3. The molecule has 0 radical (unpaired) electrons. The first-order valence-electron chi connectivity index (χ1n) is 6.69. The zero-order valence-electron chi connectivity index (χ0n) is 12.0. The summed E-state index contributed by atoms with van der Waals surface area (Å²) in [5.41, 5.74) is 4.24. The van der Waals surface area contributed by atoms with Gasteiger partial charge in [-0.3, -0.25) is 0 Å². The number of halogens is 2. The van der Waals surface area contributed by atoms with Crippen LogP contribution in [0.5, 0.6) is 0 Å². The zero-order valence-corrected chi connectivity index (χ0v) is 12.0. The lowest BCUT2D eigenvalue weighted by Crippen LogP contribution is -2.20. The summed E-state index contributed by atoms with van der Waals surface area (Å²) in [7, 11) is 1.81. The predicted octanol–water partition coefficient (Wildman–Crippen LogP) is 4.08. The molecule has 0 saturated heterocycles. The van der Waals surface area contributed by atoms with Gasteiger partial charge in [0.2, 0.25) is 0 Å². The molecular formula is C17H19F2N. The molecule has 3 heteroatoms. The van der Waals surface area contributed by atoms with Crippen molar-refractivity contribution in [3.05, 3.63) is 70.3 Å². The molecule has 0 aliphatic heterocycles. The highest BCUT2D eigenvalue weighted by Crippen LogP contribution is 2.24. The quantitative estimate of drug-likeness (QED) is 0.886. The van der Waals surface area contributed by atoms with Crippen molar-refractivity contribution < 1.29 is 8.78 Å². The molecule has 106 valence electrons. The Hall–Kier alpha value is -1.74. The molecule has 2 rings (SSSR count). The van der Waals surface area contributed by atoms with Gasteiger partial charge in [0.15, 0.2) is 0 Å². The van der Waals surface area contributed by atoms with Crippen LogP contribution in [-0.4, -0.2) is 7.05 Å². The van der Waals surface area contributed by atoms with Crippen molar-refractivity contribution in [3.8, 4) is 0 Å². The summed E-state index contributed by atoms with van der Waals surface area (Å²) in [5.74, 6) is -1.08. The largest absolute Gasteiger partial charge is 0.313 e. The van der Waals surface area contributed by atoms with Gasteiger partial charge in [-0.15, -0.1) is 0 Å². The zero-order chi connectivity index (χ0) is 14.7. The van der Waals surface area contributed by atoms with E-state index in [-0.39, 0.29) is 6.04 Å². The number of hydrogen-bond donors (Lipinski definition) is 1. The molecule has 0 bridgehead atoms. The highest BCUT2D eigenvalue weighted by molar-refractivity contribution is 5.35. The lowest BCUT2D eigenvalue weighted by Gasteiger charge is -2.19. The van der Waals surface area contributed by atoms with Crippen LogP contribution in [0.2, 0.25) is 0 Å². The molecule has 2 aromatic carbocycles. The number of aryl methyl sites for hydroxylation is 2. The third-order valence-electron chi connectivity index (χ3n) is 3.69. The summed E-state index contributed by atoms with van der Waals surface area (Å²) < 4.78 is 26.7. The molecule has 1 N–H and O–H groups in total. The summed E-state index contributed by atoms with van der Waals surface area (Å²) in [6.07, 6.45) is 0.706. The topological polar surface area (TPSA) is 12.0 Å². The van der Waals surface area contributed by atoms with Crippen molar-refractivity contribution >= 4 is 0 Å². The van der Waals surface area contributed by atoms with Gasteiger partial charge in [-0.1, -0.05) is 18.2 Å². The van der Waals surface area contributed by atoms with Gasteiger partial charge in [0.25, 0.3) is 0 Å². The van der Waals surface area contributed by atoms with Crippen LogP contribution in [0.25, 0.3) is 0 Å². The van der Waals surface area contributed by atoms with Crippen molar-refractivity contribution in [3.63, 3.8) is 0 Å². The minimum atomic E-state index is -0.540. The lowest BCUT2D eigenvalue weighted by molar-refractivity contribution is 0.550. The smallest absolute Gasteiger partial charge is 0.126 e. The second kappa shape index (κ2) is 6.14. The van der Waals surface area contributed by atoms with Crippen LogP contribution in [0.4, 0.5) is 8.78 Å². The summed E-state index contributed by atoms with van der Waals surface area (Å²) in [6, 6.07) is 9.69. The minimum absolute atomic E-state index is 0.111. The fourth-order valence-corrected chi connectivity index (χ4v) is 2.54. The Labute approximate surface area is 118 Å². The molecule has 0 aromatic heterocycles. The Kier molecular flexibility index (Phi) is 4.50. The second-order valence-electron chi connectivity index (χ2n) is 5.12. The van der Waals surface area contributed by atoms with E-state index in [1.165, 1.54) is 28.8 Å². The normalized spacial score (nSPS) is 12.4. The minimum Gasteiger partial charge on any atom is -0.313 e. The van der Waals surface area contributed by atoms with E-state index in [4.69, 9.17) is 0 Å². The fourth-order valence-electron chi connectivity index (χ4n) is 2.54. The van der Waals surface area contributed by atoms with Crippen molar-refractivity contribution in [2.45, 2.75) is 26.3 Å². The van der Waals surface area contributed by atoms with E-state index in [1.54, 1.807) is 7.05 Å². The molecule has 0 spiro atoms. The number of benzene rings is 2. The van der Waals surface area contributed by atoms with E-state index < -0.39 is 11.6 Å². The van der Waals surface area contributed by atoms with Gasteiger partial charge in [-0.25, -0.2) is 8.78 Å². The monoisotopic (exact) mass is 275 g/mol. The maximum absolute atomic E-state index is 13.4. The molecule has 1 nitrogen and oxygen atoms in total. The maximum Gasteiger partial charge on any atom is 0.126 e. The van der Waals surface area contributed by atoms with Crippen LogP contribution in [0.1, 0.15) is 28.3 Å². The van der Waals surface area contributed by atoms with E-state index in [9.17, 15) is 8.78 Å². The van der Waals surface area contributed by atoms with E-state index in [0.717, 1.165) is 6.07 Å². The second-order valence-corrected chi connectivity index (χ2v) is 5.12. The van der Waals surface area contributed by atoms with Gasteiger partial charge in [0.1, 0.15) is 11.6 Å². The number of rotatable bonds is 4. The van der Waals surface area contributed by atoms with Gasteiger partial charge < -0.3 is 5.32 Å². The highest BCUT2D eigenvalue weighted by Gasteiger charge is 2.15. The average molecular weight is 275 g/mol. The Morgan fingerprint density at radius 2 is 1.55 bits per heavy atom. The fraction of sp³-hybridized carbons (Fsp3) is 0.294. The number of likely N-dealkylation sites (N-methyl/N-ethyl adjacent to an activating group) is 1. The first-order chi connectivity index (χ1) is 9.51. The molecule has 0 aliphatic carbocycles. The van der Waals surface area contributed by atoms with Crippen molar-refractivity contribution in [2.24, 2.45) is 0 Å². The first kappa shape index (κ1) is 14.7. The predicted molar refractivity (Wildman–Crippen MR) is 77.8 cm³/mol. The Balaban J connectivity index is 2.33. The van der Waals surface area contributed by atoms with Gasteiger partial charge >= 0.3 is 0 Å². The van der Waals surface area contributed by atoms with Crippen molar-refractivity contribution in [2.75, 3.05) is 7.05 Å². The Morgan fingerprint density at radius 1 is 1.00 bits per heavy atom. The Morgan fingerprint density at radius 3 is 2.05 bits per heavy atom. The average Bonchev–Trinajstić information content (AvgIpc) is 2.37. The van der Waals surface area contributed by atoms with Gasteiger partial charge in [0, 0.05) is 12.1 Å². The summed E-state index contributed by atoms with van der Waals surface area (Å²) in [4.78, 5) is 0. The Bertz CT molecular complexity index is 567. The van der Waals surface area contributed by atoms with Gasteiger partial charge in [-0.2, -0.15) is 0 Å². The van der Waals surface area contributed by atoms with Gasteiger partial charge in [-0.05, 0) is 61.7 Å². The molecule has 0 amide bonds. The molecule has 0 heterocycles. The molecule has 0 fully saturated rings. The summed E-state index contributed by atoms with van der Waals surface area (Å²) in [6.45, 7) is 4.11. The highest BCUT2D eigenvalue weighted by atomic mass is 19.1. The van der Waals surface area contributed by atoms with Crippen LogP contribution in [0.3, 0.4) is 0 Å². The molecule has 20 heavy (non-hydrogen) atoms. The van der Waals surface area contributed by atoms with Crippen LogP contribution in [0.15, 0.2) is 36.4 Å². The number of hydrogen-bond acceptors (Lipinski definition) is 1. The molecule has 0 saturated carbocycles. The molecule has 0 aliphatic rings. The van der Waals surface area contributed by atoms with Crippen LogP contribution in [0, 0.1) is 25.5 Å². The van der Waals surface area contributed by atoms with Crippen LogP contribution < -0.4 is 5.32 Å². The third-order valence-corrected chi connectivity index (χ3v) is 3.69. The SMILES string of the molecule is CNC(Cc1c(C)cccc1C)c1cc(F)cc(F)c1. The maximum atomic E-state index is 13.4. The first-order valence-corrected chi connectivity index (χ1v) is 6.69. The molecule has 1 unspecified atom stereocenters. The summed E-state index contributed by atoms with van der Waals surface area (Å²) >= 11 is 0. The lowest BCUT2D eigenvalue weighted by atomic mass is 9.93. The molecule has 2 aromatic rings. The van der Waals surface area contributed by atoms with E-state index >= 15 is 0 Å². The van der Waals surface area contributed by atoms with Crippen LogP contribution in [-0.2, 0) is 6.42 Å². The number of nitrogens with one attached hydrogen (secondary N) is 1. The van der Waals surface area contributed by atoms with E-state index in [1.807, 2.05) is 6.07 Å². The van der Waals surface area contributed by atoms with Crippen molar-refractivity contribution in [1.29, 1.82) is 0 Å². The third kappa shape index (κ3) is 3.23. The van der Waals surface area contributed by atoms with Crippen LogP contribution >= 0.6 is 0 Å². The van der Waals surface area contributed by atoms with E-state index in [0.29, 0.717) is 12.0 Å². The van der Waals surface area contributed by atoms with Crippen molar-refractivity contribution in [1.82, 2.24) is 5.32 Å². The van der Waals surface area contributed by atoms with Gasteiger partial charge in [0.05, 0.1) is 0 Å². The molecular weight excluding hydrogens is 256 g/mol. The summed E-state index contributed by atoms with van der Waals surface area (Å²) in [5, 5.41) is 3.14. The molecule has 1 atom stereocenters. The van der Waals surface area contributed by atoms with E-state index in [2.05, 4.69) is 31.3 Å².